The molecule has 2 N–H and O–H groups in total. The van der Waals surface area contributed by atoms with Crippen molar-refractivity contribution < 1.29 is 14.7 Å². The van der Waals surface area contributed by atoms with E-state index in [-0.39, 0.29) is 18.2 Å². The zero-order valence-corrected chi connectivity index (χ0v) is 13.0. The fraction of sp³-hybridized carbons (Fsp3) is 0.294. The molecule has 5 nitrogen and oxygen atoms in total. The number of ketones is 1. The van der Waals surface area contributed by atoms with Gasteiger partial charge >= 0.3 is 0 Å². The van der Waals surface area contributed by atoms with Crippen LogP contribution in [-0.2, 0) is 7.05 Å². The fourth-order valence-corrected chi connectivity index (χ4v) is 2.26. The summed E-state index contributed by atoms with van der Waals surface area (Å²) in [5, 5.41) is 12.8. The molecule has 2 rings (SSSR count). The Hall–Kier alpha value is -2.40. The van der Waals surface area contributed by atoms with Crippen LogP contribution in [-0.4, -0.2) is 27.9 Å². The molecule has 1 aromatic carbocycles. The smallest absolute Gasteiger partial charge is 0.268 e. The van der Waals surface area contributed by atoms with E-state index in [0.717, 1.165) is 11.1 Å². The highest BCUT2D eigenvalue weighted by molar-refractivity contribution is 5.99. The summed E-state index contributed by atoms with van der Waals surface area (Å²) in [4.78, 5) is 23.5. The van der Waals surface area contributed by atoms with Crippen LogP contribution in [0.15, 0.2) is 36.5 Å². The summed E-state index contributed by atoms with van der Waals surface area (Å²) in [6.07, 6.45) is 0.852. The monoisotopic (exact) mass is 300 g/mol. The maximum atomic E-state index is 12.1. The van der Waals surface area contributed by atoms with Crippen LogP contribution in [0.2, 0.25) is 0 Å². The van der Waals surface area contributed by atoms with Crippen LogP contribution in [0.25, 0.3) is 0 Å². The summed E-state index contributed by atoms with van der Waals surface area (Å²) in [5.74, 6) is -0.406. The Morgan fingerprint density at radius 3 is 2.64 bits per heavy atom. The summed E-state index contributed by atoms with van der Waals surface area (Å²) in [6.45, 7) is 3.52. The number of rotatable bonds is 5. The molecule has 0 radical (unpaired) electrons. The maximum Gasteiger partial charge on any atom is 0.268 e. The van der Waals surface area contributed by atoms with Crippen LogP contribution in [0.1, 0.15) is 45.0 Å². The number of hydrogen-bond acceptors (Lipinski definition) is 3. The standard InChI is InChI=1S/C17H20N2O3/c1-11-5-4-6-13(7-11)16(21)9-18-17(22)15-8-14(12(2)20)10-19(15)3/h4-8,10,16,21H,9H2,1-3H3,(H,18,22). The third-order valence-corrected chi connectivity index (χ3v) is 3.53. The van der Waals surface area contributed by atoms with Gasteiger partial charge in [0.05, 0.1) is 6.10 Å². The lowest BCUT2D eigenvalue weighted by molar-refractivity contribution is 0.0908. The fourth-order valence-electron chi connectivity index (χ4n) is 2.26. The Morgan fingerprint density at radius 2 is 2.05 bits per heavy atom. The SMILES string of the molecule is CC(=O)c1cc(C(=O)NCC(O)c2cccc(C)c2)n(C)c1. The average Bonchev–Trinajstić information content (AvgIpc) is 2.86. The minimum atomic E-state index is -0.767. The summed E-state index contributed by atoms with van der Waals surface area (Å²) < 4.78 is 1.60. The lowest BCUT2D eigenvalue weighted by Gasteiger charge is -2.13. The van der Waals surface area contributed by atoms with Gasteiger partial charge in [0.25, 0.3) is 5.91 Å². The van der Waals surface area contributed by atoms with Crippen LogP contribution >= 0.6 is 0 Å². The molecule has 1 heterocycles. The summed E-state index contributed by atoms with van der Waals surface area (Å²) in [6, 6.07) is 9.07. The Labute approximate surface area is 129 Å². The Balaban J connectivity index is 2.02. The molecule has 0 spiro atoms. The summed E-state index contributed by atoms with van der Waals surface area (Å²) >= 11 is 0. The van der Waals surface area contributed by atoms with Crippen LogP contribution in [0.3, 0.4) is 0 Å². The Morgan fingerprint density at radius 1 is 1.32 bits per heavy atom. The van der Waals surface area contributed by atoms with Gasteiger partial charge in [0.1, 0.15) is 5.69 Å². The summed E-state index contributed by atoms with van der Waals surface area (Å²) in [7, 11) is 1.71. The normalized spacial score (nSPS) is 12.0. The molecule has 1 aromatic heterocycles. The highest BCUT2D eigenvalue weighted by atomic mass is 16.3. The van der Waals surface area contributed by atoms with Gasteiger partial charge in [-0.2, -0.15) is 0 Å². The molecule has 5 heteroatoms. The van der Waals surface area contributed by atoms with Gasteiger partial charge in [-0.3, -0.25) is 9.59 Å². The minimum Gasteiger partial charge on any atom is -0.387 e. The molecular weight excluding hydrogens is 280 g/mol. The third-order valence-electron chi connectivity index (χ3n) is 3.53. The van der Waals surface area contributed by atoms with Gasteiger partial charge in [-0.25, -0.2) is 0 Å². The van der Waals surface area contributed by atoms with Crippen LogP contribution in [0.4, 0.5) is 0 Å². The van der Waals surface area contributed by atoms with Gasteiger partial charge in [0, 0.05) is 25.4 Å². The number of aliphatic hydroxyl groups is 1. The van der Waals surface area contributed by atoms with Crippen molar-refractivity contribution in [2.45, 2.75) is 20.0 Å². The first-order valence-corrected chi connectivity index (χ1v) is 7.08. The Kier molecular flexibility index (Phi) is 4.78. The number of aromatic nitrogens is 1. The predicted octanol–water partition coefficient (Wildman–Crippen LogP) is 2.00. The van der Waals surface area contributed by atoms with Gasteiger partial charge in [-0.1, -0.05) is 29.8 Å². The van der Waals surface area contributed by atoms with Crippen molar-refractivity contribution in [1.82, 2.24) is 9.88 Å². The van der Waals surface area contributed by atoms with E-state index in [0.29, 0.717) is 11.3 Å². The van der Waals surface area contributed by atoms with Crippen molar-refractivity contribution >= 4 is 11.7 Å². The molecule has 0 aliphatic carbocycles. The molecule has 0 fully saturated rings. The second-order valence-electron chi connectivity index (χ2n) is 5.42. The quantitative estimate of drug-likeness (QED) is 0.830. The molecule has 22 heavy (non-hydrogen) atoms. The van der Waals surface area contributed by atoms with Crippen LogP contribution in [0, 0.1) is 6.92 Å². The van der Waals surface area contributed by atoms with Crippen molar-refractivity contribution in [1.29, 1.82) is 0 Å². The van der Waals surface area contributed by atoms with Crippen molar-refractivity contribution in [3.05, 3.63) is 58.9 Å². The molecule has 1 atom stereocenters. The molecule has 1 unspecified atom stereocenters. The number of carbonyl (C=O) groups excluding carboxylic acids is 2. The van der Waals surface area contributed by atoms with E-state index >= 15 is 0 Å². The number of benzene rings is 1. The number of nitrogens with zero attached hydrogens (tertiary/aromatic N) is 1. The molecule has 116 valence electrons. The number of Topliss-reactive ketones (excluding diaryl/α,β-unsaturated/α-hetero) is 1. The third kappa shape index (κ3) is 3.62. The van der Waals surface area contributed by atoms with Gasteiger partial charge in [-0.05, 0) is 25.5 Å². The van der Waals surface area contributed by atoms with Crippen LogP contribution in [0.5, 0.6) is 0 Å². The number of aryl methyl sites for hydroxylation is 2. The van der Waals surface area contributed by atoms with E-state index in [1.807, 2.05) is 31.2 Å². The maximum absolute atomic E-state index is 12.1. The number of aliphatic hydroxyl groups excluding tert-OH is 1. The molecule has 0 aliphatic heterocycles. The van der Waals surface area contributed by atoms with E-state index in [9.17, 15) is 14.7 Å². The topological polar surface area (TPSA) is 71.3 Å². The zero-order chi connectivity index (χ0) is 16.3. The van der Waals surface area contributed by atoms with E-state index in [1.165, 1.54) is 6.92 Å². The van der Waals surface area contributed by atoms with E-state index in [2.05, 4.69) is 5.32 Å². The number of carbonyl (C=O) groups is 2. The van der Waals surface area contributed by atoms with E-state index in [1.54, 1.807) is 23.9 Å². The van der Waals surface area contributed by atoms with E-state index in [4.69, 9.17) is 0 Å². The molecular formula is C17H20N2O3. The minimum absolute atomic E-state index is 0.0885. The number of amides is 1. The van der Waals surface area contributed by atoms with Crippen LogP contribution < -0.4 is 5.32 Å². The van der Waals surface area contributed by atoms with Gasteiger partial charge < -0.3 is 15.0 Å². The number of hydrogen-bond donors (Lipinski definition) is 2. The molecule has 0 saturated carbocycles. The second-order valence-corrected chi connectivity index (χ2v) is 5.42. The van der Waals surface area contributed by atoms with Crippen molar-refractivity contribution in [2.75, 3.05) is 6.54 Å². The molecule has 2 aromatic rings. The predicted molar refractivity (Wildman–Crippen MR) is 83.9 cm³/mol. The molecule has 1 amide bonds. The van der Waals surface area contributed by atoms with Crippen molar-refractivity contribution in [2.24, 2.45) is 7.05 Å². The average molecular weight is 300 g/mol. The van der Waals surface area contributed by atoms with Gasteiger partial charge in [0.15, 0.2) is 5.78 Å². The molecule has 0 aliphatic rings. The Bertz CT molecular complexity index is 704. The highest BCUT2D eigenvalue weighted by Gasteiger charge is 2.15. The zero-order valence-electron chi connectivity index (χ0n) is 13.0. The summed E-state index contributed by atoms with van der Waals surface area (Å²) in [5.41, 5.74) is 2.70. The first-order valence-electron chi connectivity index (χ1n) is 7.08. The van der Waals surface area contributed by atoms with E-state index < -0.39 is 6.10 Å². The lowest BCUT2D eigenvalue weighted by Crippen LogP contribution is -2.29. The van der Waals surface area contributed by atoms with Gasteiger partial charge in [-0.15, -0.1) is 0 Å². The largest absolute Gasteiger partial charge is 0.387 e. The molecule has 0 bridgehead atoms. The van der Waals surface area contributed by atoms with Gasteiger partial charge in [0.2, 0.25) is 0 Å². The highest BCUT2D eigenvalue weighted by Crippen LogP contribution is 2.14. The van der Waals surface area contributed by atoms with Crippen molar-refractivity contribution in [3.8, 4) is 0 Å². The second kappa shape index (κ2) is 6.58. The number of nitrogens with one attached hydrogen (secondary N) is 1. The first kappa shape index (κ1) is 16.0. The van der Waals surface area contributed by atoms with Crippen molar-refractivity contribution in [3.63, 3.8) is 0 Å². The lowest BCUT2D eigenvalue weighted by atomic mass is 10.1. The first-order chi connectivity index (χ1) is 10.4. The molecule has 0 saturated heterocycles.